The SMILES string of the molecule is COCc1nc2c(C(=O)NC3CCC(F)(F)CC3)cc(NC(=O)c3ccccc3C(F)(F)F)cc2[nH]1. The second-order valence-electron chi connectivity index (χ2n) is 8.64. The Hall–Kier alpha value is -3.54. The van der Waals surface area contributed by atoms with Crippen LogP contribution in [-0.2, 0) is 17.5 Å². The lowest BCUT2D eigenvalue weighted by molar-refractivity contribution is -0.137. The van der Waals surface area contributed by atoms with Gasteiger partial charge in [-0.25, -0.2) is 13.8 Å². The van der Waals surface area contributed by atoms with Crippen molar-refractivity contribution < 1.29 is 36.3 Å². The van der Waals surface area contributed by atoms with E-state index in [1.54, 1.807) is 0 Å². The lowest BCUT2D eigenvalue weighted by Crippen LogP contribution is -2.40. The molecule has 4 rings (SSSR count). The highest BCUT2D eigenvalue weighted by molar-refractivity contribution is 6.10. The predicted octanol–water partition coefficient (Wildman–Crippen LogP) is 5.29. The number of aromatic amines is 1. The van der Waals surface area contributed by atoms with Crippen molar-refractivity contribution in [2.24, 2.45) is 0 Å². The molecule has 1 aliphatic carbocycles. The van der Waals surface area contributed by atoms with Gasteiger partial charge in [0.05, 0.1) is 22.2 Å². The summed E-state index contributed by atoms with van der Waals surface area (Å²) in [5.41, 5.74) is -1.01. The van der Waals surface area contributed by atoms with Crippen LogP contribution in [0.5, 0.6) is 0 Å². The molecule has 2 aromatic carbocycles. The van der Waals surface area contributed by atoms with Gasteiger partial charge in [-0.1, -0.05) is 12.1 Å². The summed E-state index contributed by atoms with van der Waals surface area (Å²) in [7, 11) is 1.45. The van der Waals surface area contributed by atoms with Gasteiger partial charge < -0.3 is 20.4 Å². The molecular formula is C24H23F5N4O3. The monoisotopic (exact) mass is 510 g/mol. The summed E-state index contributed by atoms with van der Waals surface area (Å²) in [6, 6.07) is 6.60. The Morgan fingerprint density at radius 1 is 1.11 bits per heavy atom. The van der Waals surface area contributed by atoms with E-state index in [4.69, 9.17) is 4.74 Å². The average molecular weight is 510 g/mol. The Bertz CT molecular complexity index is 1280. The van der Waals surface area contributed by atoms with Crippen LogP contribution in [0, 0.1) is 0 Å². The molecular weight excluding hydrogens is 487 g/mol. The lowest BCUT2D eigenvalue weighted by Gasteiger charge is -2.28. The standard InChI is InChI=1S/C24H23F5N4O3/c1-36-12-19-32-18-11-14(31-21(34)15-4-2-3-5-17(15)24(27,28)29)10-16(20(18)33-19)22(35)30-13-6-8-23(25,26)9-7-13/h2-5,10-11,13H,6-9,12H2,1H3,(H,30,35)(H,31,34)(H,32,33). The van der Waals surface area contributed by atoms with E-state index < -0.39 is 41.1 Å². The number of carbonyl (C=O) groups excluding carboxylic acids is 2. The van der Waals surface area contributed by atoms with Gasteiger partial charge in [-0.15, -0.1) is 0 Å². The maximum Gasteiger partial charge on any atom is 0.417 e. The van der Waals surface area contributed by atoms with Crippen molar-refractivity contribution in [3.05, 3.63) is 58.9 Å². The van der Waals surface area contributed by atoms with Crippen molar-refractivity contribution in [3.8, 4) is 0 Å². The minimum atomic E-state index is -4.74. The summed E-state index contributed by atoms with van der Waals surface area (Å²) in [6.45, 7) is 0.0914. The molecule has 0 bridgehead atoms. The number of methoxy groups -OCH3 is 1. The average Bonchev–Trinajstić information content (AvgIpc) is 3.22. The highest BCUT2D eigenvalue weighted by Crippen LogP contribution is 2.34. The molecule has 36 heavy (non-hydrogen) atoms. The molecule has 0 atom stereocenters. The number of alkyl halides is 5. The van der Waals surface area contributed by atoms with Crippen molar-refractivity contribution in [2.75, 3.05) is 12.4 Å². The molecule has 3 N–H and O–H groups in total. The fourth-order valence-corrected chi connectivity index (χ4v) is 4.19. The lowest BCUT2D eigenvalue weighted by atomic mass is 9.92. The molecule has 0 aliphatic heterocycles. The van der Waals surface area contributed by atoms with Crippen LogP contribution in [-0.4, -0.2) is 40.9 Å². The maximum absolute atomic E-state index is 13.5. The Labute approximate surface area is 202 Å². The second-order valence-corrected chi connectivity index (χ2v) is 8.64. The molecule has 0 spiro atoms. The quantitative estimate of drug-likeness (QED) is 0.393. The van der Waals surface area contributed by atoms with E-state index in [2.05, 4.69) is 20.6 Å². The fraction of sp³-hybridized carbons (Fsp3) is 0.375. The summed E-state index contributed by atoms with van der Waals surface area (Å²) >= 11 is 0. The van der Waals surface area contributed by atoms with E-state index in [-0.39, 0.29) is 49.1 Å². The molecule has 0 unspecified atom stereocenters. The third-order valence-corrected chi connectivity index (χ3v) is 5.95. The van der Waals surface area contributed by atoms with Crippen LogP contribution in [0.4, 0.5) is 27.6 Å². The number of hydrogen-bond donors (Lipinski definition) is 3. The van der Waals surface area contributed by atoms with Crippen LogP contribution in [0.3, 0.4) is 0 Å². The first-order valence-electron chi connectivity index (χ1n) is 11.1. The summed E-state index contributed by atoms with van der Waals surface area (Å²) in [4.78, 5) is 33.1. The second kappa shape index (κ2) is 9.84. The fourth-order valence-electron chi connectivity index (χ4n) is 4.19. The zero-order valence-electron chi connectivity index (χ0n) is 19.1. The van der Waals surface area contributed by atoms with Crippen molar-refractivity contribution in [1.82, 2.24) is 15.3 Å². The van der Waals surface area contributed by atoms with Crippen molar-refractivity contribution in [1.29, 1.82) is 0 Å². The summed E-state index contributed by atoms with van der Waals surface area (Å²) in [5, 5.41) is 5.15. The topological polar surface area (TPSA) is 96.1 Å². The summed E-state index contributed by atoms with van der Waals surface area (Å²) in [5.74, 6) is -4.00. The number of carbonyl (C=O) groups is 2. The number of anilines is 1. The maximum atomic E-state index is 13.5. The first-order chi connectivity index (χ1) is 17.0. The van der Waals surface area contributed by atoms with Gasteiger partial charge in [-0.2, -0.15) is 13.2 Å². The number of nitrogens with one attached hydrogen (secondary N) is 3. The number of H-pyrrole nitrogens is 1. The normalized spacial score (nSPS) is 16.2. The molecule has 1 aliphatic rings. The van der Waals surface area contributed by atoms with Crippen LogP contribution < -0.4 is 10.6 Å². The molecule has 1 aromatic heterocycles. The van der Waals surface area contributed by atoms with Crippen molar-refractivity contribution >= 4 is 28.5 Å². The Morgan fingerprint density at radius 3 is 2.47 bits per heavy atom. The van der Waals surface area contributed by atoms with E-state index in [0.29, 0.717) is 11.3 Å². The number of hydrogen-bond acceptors (Lipinski definition) is 4. The Balaban J connectivity index is 1.65. The molecule has 0 radical (unpaired) electrons. The molecule has 1 saturated carbocycles. The number of halogens is 5. The van der Waals surface area contributed by atoms with Crippen molar-refractivity contribution in [2.45, 2.75) is 50.4 Å². The number of fused-ring (bicyclic) bond motifs is 1. The molecule has 0 saturated heterocycles. The zero-order chi connectivity index (χ0) is 26.1. The minimum absolute atomic E-state index is 0.0304. The first-order valence-corrected chi connectivity index (χ1v) is 11.1. The molecule has 3 aromatic rings. The number of nitrogens with zero attached hydrogens (tertiary/aromatic N) is 1. The minimum Gasteiger partial charge on any atom is -0.377 e. The molecule has 1 heterocycles. The number of ether oxygens (including phenoxy) is 1. The number of imidazole rings is 1. The first kappa shape index (κ1) is 25.5. The number of amides is 2. The van der Waals surface area contributed by atoms with E-state index in [1.165, 1.54) is 31.4 Å². The Kier molecular flexibility index (Phi) is 6.98. The van der Waals surface area contributed by atoms with Crippen LogP contribution in [0.25, 0.3) is 11.0 Å². The molecule has 2 amide bonds. The zero-order valence-corrected chi connectivity index (χ0v) is 19.1. The number of benzene rings is 2. The molecule has 192 valence electrons. The van der Waals surface area contributed by atoms with Gasteiger partial charge >= 0.3 is 6.18 Å². The van der Waals surface area contributed by atoms with E-state index in [9.17, 15) is 31.5 Å². The molecule has 12 heteroatoms. The van der Waals surface area contributed by atoms with E-state index in [1.807, 2.05) is 0 Å². The third-order valence-electron chi connectivity index (χ3n) is 5.95. The van der Waals surface area contributed by atoms with Gasteiger partial charge in [-0.05, 0) is 37.1 Å². The predicted molar refractivity (Wildman–Crippen MR) is 121 cm³/mol. The van der Waals surface area contributed by atoms with Crippen molar-refractivity contribution in [3.63, 3.8) is 0 Å². The van der Waals surface area contributed by atoms with Crippen LogP contribution in [0.15, 0.2) is 36.4 Å². The van der Waals surface area contributed by atoms with Crippen LogP contribution >= 0.6 is 0 Å². The smallest absolute Gasteiger partial charge is 0.377 e. The highest BCUT2D eigenvalue weighted by Gasteiger charge is 2.36. The summed E-state index contributed by atoms with van der Waals surface area (Å²) in [6.07, 6.45) is -5.23. The Morgan fingerprint density at radius 2 is 1.81 bits per heavy atom. The van der Waals surface area contributed by atoms with Crippen LogP contribution in [0.2, 0.25) is 0 Å². The van der Waals surface area contributed by atoms with Gasteiger partial charge in [0.2, 0.25) is 5.92 Å². The van der Waals surface area contributed by atoms with Gasteiger partial charge in [-0.3, -0.25) is 9.59 Å². The largest absolute Gasteiger partial charge is 0.417 e. The number of aromatic nitrogens is 2. The van der Waals surface area contributed by atoms with Gasteiger partial charge in [0.25, 0.3) is 11.8 Å². The van der Waals surface area contributed by atoms with E-state index in [0.717, 1.165) is 12.1 Å². The number of rotatable bonds is 6. The molecule has 7 nitrogen and oxygen atoms in total. The van der Waals surface area contributed by atoms with Crippen LogP contribution in [0.1, 0.15) is 57.8 Å². The molecule has 1 fully saturated rings. The summed E-state index contributed by atoms with van der Waals surface area (Å²) < 4.78 is 72.1. The van der Waals surface area contributed by atoms with E-state index >= 15 is 0 Å². The highest BCUT2D eigenvalue weighted by atomic mass is 19.4. The third kappa shape index (κ3) is 5.64. The van der Waals surface area contributed by atoms with Gasteiger partial charge in [0, 0.05) is 31.7 Å². The van der Waals surface area contributed by atoms with Gasteiger partial charge in [0.15, 0.2) is 0 Å². The van der Waals surface area contributed by atoms with Gasteiger partial charge in [0.1, 0.15) is 17.9 Å².